The average molecular weight is 548 g/mol. The molecule has 0 aliphatic heterocycles. The fraction of sp³-hybridized carbons (Fsp3) is 0.552. The van der Waals surface area contributed by atoms with Gasteiger partial charge in [0, 0.05) is 38.8 Å². The number of rotatable bonds is 7. The van der Waals surface area contributed by atoms with Crippen molar-refractivity contribution in [2.24, 2.45) is 14.1 Å². The van der Waals surface area contributed by atoms with Gasteiger partial charge >= 0.3 is 5.69 Å². The molecular formula is C29H49N5O5. The first-order valence-electron chi connectivity index (χ1n) is 13.7. The zero-order valence-corrected chi connectivity index (χ0v) is 25.5. The zero-order valence-electron chi connectivity index (χ0n) is 25.5. The number of ketones is 2. The maximum absolute atomic E-state index is 12.3. The van der Waals surface area contributed by atoms with E-state index in [4.69, 9.17) is 10.8 Å². The van der Waals surface area contributed by atoms with E-state index in [-0.39, 0.29) is 28.6 Å². The van der Waals surface area contributed by atoms with Gasteiger partial charge < -0.3 is 20.2 Å². The van der Waals surface area contributed by atoms with Gasteiger partial charge in [0.1, 0.15) is 11.5 Å². The Labute approximate surface area is 232 Å². The van der Waals surface area contributed by atoms with Crippen molar-refractivity contribution in [2.45, 2.75) is 94.0 Å². The van der Waals surface area contributed by atoms with E-state index in [1.54, 1.807) is 24.7 Å². The predicted molar refractivity (Wildman–Crippen MR) is 161 cm³/mol. The summed E-state index contributed by atoms with van der Waals surface area (Å²) in [6, 6.07) is 4.44. The molecule has 1 aromatic carbocycles. The first-order valence-corrected chi connectivity index (χ1v) is 13.7. The normalized spacial score (nSPS) is 9.49. The third-order valence-corrected chi connectivity index (χ3v) is 5.26. The fourth-order valence-corrected chi connectivity index (χ4v) is 3.08. The number of hydrogen-bond acceptors (Lipinski definition) is 7. The Morgan fingerprint density at radius 2 is 1.54 bits per heavy atom. The predicted octanol–water partition coefficient (Wildman–Crippen LogP) is 5.23. The van der Waals surface area contributed by atoms with E-state index in [9.17, 15) is 19.2 Å². The Kier molecular flexibility index (Phi) is 19.5. The minimum Gasteiger partial charge on any atom is -0.507 e. The molecule has 0 amide bonds. The number of aryl methyl sites for hydroxylation is 2. The summed E-state index contributed by atoms with van der Waals surface area (Å²) in [6.07, 6.45) is 5.93. The van der Waals surface area contributed by atoms with Gasteiger partial charge in [0.2, 0.25) is 0 Å². The van der Waals surface area contributed by atoms with Gasteiger partial charge in [0.15, 0.2) is 16.9 Å². The number of Topliss-reactive ketones (excluding diaryl/α,β-unsaturated/α-hetero) is 2. The van der Waals surface area contributed by atoms with Crippen LogP contribution in [0.4, 0.5) is 5.69 Å². The van der Waals surface area contributed by atoms with Crippen molar-refractivity contribution >= 4 is 28.4 Å². The van der Waals surface area contributed by atoms with Crippen LogP contribution in [0.15, 0.2) is 34.1 Å². The van der Waals surface area contributed by atoms with Crippen LogP contribution >= 0.6 is 0 Å². The molecule has 0 radical (unpaired) electrons. The minimum absolute atomic E-state index is 0.0579. The van der Waals surface area contributed by atoms with Gasteiger partial charge in [0.25, 0.3) is 5.56 Å². The maximum atomic E-state index is 12.3. The summed E-state index contributed by atoms with van der Waals surface area (Å²) < 4.78 is 4.20. The zero-order chi connectivity index (χ0) is 30.7. The van der Waals surface area contributed by atoms with E-state index in [1.165, 1.54) is 54.3 Å². The van der Waals surface area contributed by atoms with Crippen molar-refractivity contribution in [1.82, 2.24) is 18.7 Å². The second-order valence-electron chi connectivity index (χ2n) is 8.32. The number of phenolic OH excluding ortho intramolecular Hbond substituents is 1. The summed E-state index contributed by atoms with van der Waals surface area (Å²) >= 11 is 0. The second kappa shape index (κ2) is 20.3. The molecule has 2 aromatic heterocycles. The van der Waals surface area contributed by atoms with E-state index in [1.807, 2.05) is 27.7 Å². The van der Waals surface area contributed by atoms with E-state index >= 15 is 0 Å². The van der Waals surface area contributed by atoms with Crippen molar-refractivity contribution < 1.29 is 14.7 Å². The molecule has 0 saturated carbocycles. The highest BCUT2D eigenvalue weighted by Crippen LogP contribution is 2.19. The number of nitrogen functional groups attached to an aromatic ring is 1. The molecule has 0 saturated heterocycles. The molecule has 0 fully saturated rings. The SMILES string of the molecule is CC.CC.CC(=O)CCCCn1c(=O)c2c(ncn2C)n(C)c1=O.CC(=O)c1ccc(N)cc1O.CCCC. The number of aromatic nitrogens is 4. The Morgan fingerprint density at radius 1 is 0.974 bits per heavy atom. The van der Waals surface area contributed by atoms with Crippen molar-refractivity contribution in [2.75, 3.05) is 5.73 Å². The van der Waals surface area contributed by atoms with Crippen LogP contribution in [0.2, 0.25) is 0 Å². The van der Waals surface area contributed by atoms with Crippen LogP contribution in [-0.2, 0) is 25.4 Å². The third-order valence-electron chi connectivity index (χ3n) is 5.26. The van der Waals surface area contributed by atoms with E-state index in [2.05, 4.69) is 18.8 Å². The van der Waals surface area contributed by atoms with E-state index in [0.29, 0.717) is 48.2 Å². The Hall–Kier alpha value is -3.69. The fourth-order valence-electron chi connectivity index (χ4n) is 3.08. The van der Waals surface area contributed by atoms with Gasteiger partial charge in [-0.3, -0.25) is 18.7 Å². The Morgan fingerprint density at radius 3 is 2.00 bits per heavy atom. The number of phenols is 1. The average Bonchev–Trinajstić information content (AvgIpc) is 3.31. The van der Waals surface area contributed by atoms with E-state index in [0.717, 1.165) is 0 Å². The van der Waals surface area contributed by atoms with Crippen molar-refractivity contribution in [3.8, 4) is 5.75 Å². The lowest BCUT2D eigenvalue weighted by atomic mass is 10.1. The summed E-state index contributed by atoms with van der Waals surface area (Å²) in [7, 11) is 3.32. The topological polar surface area (TPSA) is 142 Å². The number of benzene rings is 1. The standard InChI is InChI=1S/C13H18N4O3.C8H9NO2.C4H10.2C2H6/c1-9(18)6-4-5-7-17-12(19)10-11(14-8-15(10)2)16(3)13(17)20;1-5(10)7-3-2-6(9)4-8(7)11;1-3-4-2;2*1-2/h8H,4-7H2,1-3H3;2-4,11H,9H2,1H3;3-4H2,1-2H3;2*1-2H3. The summed E-state index contributed by atoms with van der Waals surface area (Å²) in [5.74, 6) is -0.104. The molecule has 10 heteroatoms. The first kappa shape index (κ1) is 37.5. The van der Waals surface area contributed by atoms with Crippen LogP contribution in [0.3, 0.4) is 0 Å². The van der Waals surface area contributed by atoms with Crippen molar-refractivity contribution in [3.05, 3.63) is 50.9 Å². The number of hydrogen-bond donors (Lipinski definition) is 2. The number of fused-ring (bicyclic) bond motifs is 1. The van der Waals surface area contributed by atoms with Crippen molar-refractivity contribution in [3.63, 3.8) is 0 Å². The number of carbonyl (C=O) groups excluding carboxylic acids is 2. The first-order chi connectivity index (χ1) is 18.5. The highest BCUT2D eigenvalue weighted by molar-refractivity contribution is 5.97. The summed E-state index contributed by atoms with van der Waals surface area (Å²) in [5.41, 5.74) is 6.22. The molecule has 0 aliphatic rings. The number of unbranched alkanes of at least 4 members (excludes halogenated alkanes) is 2. The van der Waals surface area contributed by atoms with Crippen LogP contribution in [0.5, 0.6) is 5.75 Å². The van der Waals surface area contributed by atoms with Crippen LogP contribution in [0.1, 0.15) is 97.9 Å². The van der Waals surface area contributed by atoms with Crippen LogP contribution in [-0.4, -0.2) is 35.4 Å². The molecule has 220 valence electrons. The van der Waals surface area contributed by atoms with Gasteiger partial charge in [-0.05, 0) is 38.8 Å². The highest BCUT2D eigenvalue weighted by atomic mass is 16.3. The lowest BCUT2D eigenvalue weighted by Crippen LogP contribution is -2.39. The number of anilines is 1. The molecule has 0 atom stereocenters. The van der Waals surface area contributed by atoms with E-state index < -0.39 is 0 Å². The Bertz CT molecular complexity index is 1270. The lowest BCUT2D eigenvalue weighted by molar-refractivity contribution is -0.117. The van der Waals surface area contributed by atoms with Crippen LogP contribution in [0, 0.1) is 0 Å². The van der Waals surface area contributed by atoms with Crippen molar-refractivity contribution in [1.29, 1.82) is 0 Å². The number of nitrogens with two attached hydrogens (primary N) is 1. The summed E-state index contributed by atoms with van der Waals surface area (Å²) in [6.45, 7) is 15.6. The third kappa shape index (κ3) is 12.1. The molecule has 0 unspecified atom stereocenters. The molecule has 3 N–H and O–H groups in total. The molecule has 39 heavy (non-hydrogen) atoms. The largest absolute Gasteiger partial charge is 0.507 e. The van der Waals surface area contributed by atoms with Gasteiger partial charge in [-0.15, -0.1) is 0 Å². The quantitative estimate of drug-likeness (QED) is 0.234. The number of nitrogens with zero attached hydrogens (tertiary/aromatic N) is 4. The molecule has 0 aliphatic carbocycles. The van der Waals surface area contributed by atoms with Gasteiger partial charge in [-0.2, -0.15) is 0 Å². The molecule has 10 nitrogen and oxygen atoms in total. The molecule has 0 spiro atoms. The van der Waals surface area contributed by atoms with Gasteiger partial charge in [-0.1, -0.05) is 54.4 Å². The van der Waals surface area contributed by atoms with Gasteiger partial charge in [0.05, 0.1) is 11.9 Å². The molecule has 3 aromatic rings. The highest BCUT2D eigenvalue weighted by Gasteiger charge is 2.14. The molecule has 3 rings (SSSR count). The van der Waals surface area contributed by atoms with Crippen LogP contribution < -0.4 is 17.0 Å². The number of carbonyl (C=O) groups is 2. The maximum Gasteiger partial charge on any atom is 0.332 e. The van der Waals surface area contributed by atoms with Crippen LogP contribution in [0.25, 0.3) is 11.2 Å². The molecule has 2 heterocycles. The molecule has 0 bridgehead atoms. The molecular weight excluding hydrogens is 498 g/mol. The number of imidazole rings is 1. The monoisotopic (exact) mass is 547 g/mol. The van der Waals surface area contributed by atoms with Gasteiger partial charge in [-0.25, -0.2) is 9.78 Å². The number of aromatic hydroxyl groups is 1. The summed E-state index contributed by atoms with van der Waals surface area (Å²) in [4.78, 5) is 50.2. The summed E-state index contributed by atoms with van der Waals surface area (Å²) in [5, 5.41) is 9.16. The second-order valence-corrected chi connectivity index (χ2v) is 8.32. The smallest absolute Gasteiger partial charge is 0.332 e. The minimum atomic E-state index is -0.371. The lowest BCUT2D eigenvalue weighted by Gasteiger charge is -2.08. The Balaban J connectivity index is 0.